The first-order valence-electron chi connectivity index (χ1n) is 12.4. The van der Waals surface area contributed by atoms with Crippen LogP contribution in [0, 0.1) is 0 Å². The van der Waals surface area contributed by atoms with Gasteiger partial charge >= 0.3 is 0 Å². The van der Waals surface area contributed by atoms with Crippen molar-refractivity contribution in [2.24, 2.45) is 16.5 Å². The van der Waals surface area contributed by atoms with Crippen LogP contribution in [0.2, 0.25) is 0 Å². The normalized spacial score (nSPS) is 11.3. The number of phenolic OH excluding ortho intramolecular Hbond substituents is 1. The molecule has 2 aromatic rings. The van der Waals surface area contributed by atoms with E-state index in [1.165, 1.54) is 5.06 Å². The van der Waals surface area contributed by atoms with Gasteiger partial charge in [-0.15, -0.1) is 0 Å². The van der Waals surface area contributed by atoms with E-state index in [1.54, 1.807) is 18.3 Å². The smallest absolute Gasteiger partial charge is 0.224 e. The molecule has 0 atom stereocenters. The highest BCUT2D eigenvalue weighted by Crippen LogP contribution is 2.27. The Hall–Kier alpha value is -2.86. The lowest BCUT2D eigenvalue weighted by Crippen LogP contribution is -2.31. The number of hydrogen-bond donors (Lipinski definition) is 8. The third-order valence-corrected chi connectivity index (χ3v) is 5.56. The Bertz CT molecular complexity index is 898. The van der Waals surface area contributed by atoms with Gasteiger partial charge in [0.15, 0.2) is 5.96 Å². The number of aromatic hydroxyl groups is 1. The number of phenols is 1. The van der Waals surface area contributed by atoms with Gasteiger partial charge in [0.2, 0.25) is 5.91 Å². The largest absolute Gasteiger partial charge is 0.507 e. The maximum atomic E-state index is 12.2. The van der Waals surface area contributed by atoms with Crippen molar-refractivity contribution in [3.63, 3.8) is 0 Å². The Balaban J connectivity index is 1.40. The van der Waals surface area contributed by atoms with Crippen LogP contribution in [-0.4, -0.2) is 84.6 Å². The molecule has 0 saturated heterocycles. The molecule has 11 heteroatoms. The van der Waals surface area contributed by atoms with Gasteiger partial charge in [-0.1, -0.05) is 6.07 Å². The molecule has 0 spiro atoms. The monoisotopic (exact) mass is 490 g/mol. The van der Waals surface area contributed by atoms with Crippen LogP contribution in [0.5, 0.6) is 5.75 Å². The summed E-state index contributed by atoms with van der Waals surface area (Å²) in [5.74, 6) is 0.211. The number of guanidine groups is 1. The second kappa shape index (κ2) is 16.7. The summed E-state index contributed by atoms with van der Waals surface area (Å²) in [4.78, 5) is 19.2. The molecule has 0 unspecified atom stereocenters. The topological polar surface area (TPSA) is 177 Å². The average Bonchev–Trinajstić information content (AvgIpc) is 3.23. The second-order valence-corrected chi connectivity index (χ2v) is 8.57. The number of nitrogens with zero attached hydrogens (tertiary/aromatic N) is 2. The van der Waals surface area contributed by atoms with Gasteiger partial charge in [0, 0.05) is 43.3 Å². The molecule has 35 heavy (non-hydrogen) atoms. The second-order valence-electron chi connectivity index (χ2n) is 8.57. The van der Waals surface area contributed by atoms with Gasteiger partial charge in [0.1, 0.15) is 5.75 Å². The Morgan fingerprint density at radius 3 is 2.40 bits per heavy atom. The standard InChI is InChI=1S/C24H42N8O3/c25-24(26)30-13-2-1-9-27-10-4-11-28-12-5-15-32(35)16-6-14-29-22(34)17-19-18-31-20-7-3-8-21(33)23(19)20/h3,7-8,18,27-28,31,33,35H,1-2,4-6,9-17H2,(H,29,34)(H4,25,26,30). The summed E-state index contributed by atoms with van der Waals surface area (Å²) in [7, 11) is 0. The van der Waals surface area contributed by atoms with Gasteiger partial charge in [0.25, 0.3) is 0 Å². The molecule has 0 aliphatic rings. The highest BCUT2D eigenvalue weighted by molar-refractivity contribution is 5.92. The number of fused-ring (bicyclic) bond motifs is 1. The summed E-state index contributed by atoms with van der Waals surface area (Å²) in [6, 6.07) is 5.24. The number of benzene rings is 1. The number of carbonyl (C=O) groups excluding carboxylic acids is 1. The van der Waals surface area contributed by atoms with Crippen LogP contribution >= 0.6 is 0 Å². The highest BCUT2D eigenvalue weighted by Gasteiger charge is 2.11. The van der Waals surface area contributed by atoms with Crippen LogP contribution in [0.1, 0.15) is 37.7 Å². The minimum Gasteiger partial charge on any atom is -0.507 e. The van der Waals surface area contributed by atoms with E-state index in [0.717, 1.165) is 62.9 Å². The van der Waals surface area contributed by atoms with Crippen molar-refractivity contribution in [3.05, 3.63) is 30.0 Å². The van der Waals surface area contributed by atoms with E-state index in [9.17, 15) is 15.1 Å². The number of carbonyl (C=O) groups is 1. The Morgan fingerprint density at radius 2 is 1.66 bits per heavy atom. The fourth-order valence-corrected chi connectivity index (χ4v) is 3.76. The van der Waals surface area contributed by atoms with Crippen LogP contribution in [-0.2, 0) is 11.2 Å². The summed E-state index contributed by atoms with van der Waals surface area (Å²) < 4.78 is 0. The molecule has 2 rings (SSSR count). The quantitative estimate of drug-likeness (QED) is 0.0611. The van der Waals surface area contributed by atoms with Crippen LogP contribution in [0.25, 0.3) is 10.9 Å². The van der Waals surface area contributed by atoms with E-state index in [0.29, 0.717) is 38.0 Å². The lowest BCUT2D eigenvalue weighted by atomic mass is 10.1. The number of unbranched alkanes of at least 4 members (excludes halogenated alkanes) is 1. The summed E-state index contributed by atoms with van der Waals surface area (Å²) in [5.41, 5.74) is 12.1. The lowest BCUT2D eigenvalue weighted by molar-refractivity contribution is -0.120. The molecule has 1 heterocycles. The number of rotatable bonds is 19. The van der Waals surface area contributed by atoms with E-state index in [2.05, 4.69) is 25.9 Å². The zero-order chi connectivity index (χ0) is 25.3. The molecule has 1 aromatic carbocycles. The van der Waals surface area contributed by atoms with E-state index >= 15 is 0 Å². The molecular weight excluding hydrogens is 448 g/mol. The van der Waals surface area contributed by atoms with Crippen molar-refractivity contribution in [1.82, 2.24) is 26.0 Å². The first-order valence-corrected chi connectivity index (χ1v) is 12.4. The molecule has 11 nitrogen and oxygen atoms in total. The van der Waals surface area contributed by atoms with E-state index in [-0.39, 0.29) is 24.0 Å². The third-order valence-electron chi connectivity index (χ3n) is 5.56. The minimum atomic E-state index is -0.108. The van der Waals surface area contributed by atoms with Crippen LogP contribution in [0.4, 0.5) is 0 Å². The van der Waals surface area contributed by atoms with Gasteiger partial charge in [0.05, 0.1) is 6.42 Å². The number of amides is 1. The van der Waals surface area contributed by atoms with Crippen molar-refractivity contribution in [2.75, 3.05) is 52.4 Å². The summed E-state index contributed by atoms with van der Waals surface area (Å²) in [6.07, 6.45) is 6.54. The fraction of sp³-hybridized carbons (Fsp3) is 0.583. The van der Waals surface area contributed by atoms with Crippen LogP contribution in [0.3, 0.4) is 0 Å². The Morgan fingerprint density at radius 1 is 0.971 bits per heavy atom. The number of aromatic nitrogens is 1. The molecule has 1 amide bonds. The molecule has 0 saturated carbocycles. The number of hydroxylamine groups is 2. The van der Waals surface area contributed by atoms with E-state index in [1.807, 2.05) is 6.07 Å². The fourth-order valence-electron chi connectivity index (χ4n) is 3.76. The molecule has 1 aromatic heterocycles. The molecule has 10 N–H and O–H groups in total. The minimum absolute atomic E-state index is 0.108. The Kier molecular flexibility index (Phi) is 13.6. The highest BCUT2D eigenvalue weighted by atomic mass is 16.5. The van der Waals surface area contributed by atoms with Crippen LogP contribution in [0.15, 0.2) is 29.4 Å². The predicted octanol–water partition coefficient (Wildman–Crippen LogP) is 0.627. The van der Waals surface area contributed by atoms with Crippen molar-refractivity contribution in [2.45, 2.75) is 38.5 Å². The van der Waals surface area contributed by atoms with Gasteiger partial charge in [-0.25, -0.2) is 0 Å². The summed E-state index contributed by atoms with van der Waals surface area (Å²) in [6.45, 7) is 5.98. The van der Waals surface area contributed by atoms with Crippen molar-refractivity contribution < 1.29 is 15.1 Å². The zero-order valence-electron chi connectivity index (χ0n) is 20.6. The van der Waals surface area contributed by atoms with Crippen molar-refractivity contribution in [1.29, 1.82) is 0 Å². The summed E-state index contributed by atoms with van der Waals surface area (Å²) in [5, 5.41) is 31.7. The van der Waals surface area contributed by atoms with Crippen LogP contribution < -0.4 is 27.4 Å². The summed E-state index contributed by atoms with van der Waals surface area (Å²) >= 11 is 0. The Labute approximate surface area is 207 Å². The zero-order valence-corrected chi connectivity index (χ0v) is 20.6. The number of hydrogen-bond acceptors (Lipinski definition) is 7. The van der Waals surface area contributed by atoms with Gasteiger partial charge in [-0.2, -0.15) is 5.06 Å². The predicted molar refractivity (Wildman–Crippen MR) is 140 cm³/mol. The molecule has 0 radical (unpaired) electrons. The maximum Gasteiger partial charge on any atom is 0.224 e. The SMILES string of the molecule is NC(N)=NCCCCNCCCNCCCN(O)CCCNC(=O)Cc1c[nH]c2cccc(O)c12. The van der Waals surface area contributed by atoms with E-state index < -0.39 is 0 Å². The van der Waals surface area contributed by atoms with E-state index in [4.69, 9.17) is 11.5 Å². The van der Waals surface area contributed by atoms with Gasteiger partial charge < -0.3 is 42.7 Å². The van der Waals surface area contributed by atoms with Crippen molar-refractivity contribution in [3.8, 4) is 5.75 Å². The number of H-pyrrole nitrogens is 1. The number of aliphatic imine (C=N–C) groups is 1. The molecule has 196 valence electrons. The maximum absolute atomic E-state index is 12.2. The first kappa shape index (κ1) is 28.4. The number of nitrogens with one attached hydrogen (secondary N) is 4. The lowest BCUT2D eigenvalue weighted by Gasteiger charge is -2.15. The van der Waals surface area contributed by atoms with Crippen molar-refractivity contribution >= 4 is 22.8 Å². The molecule has 0 fully saturated rings. The van der Waals surface area contributed by atoms with Gasteiger partial charge in [-0.05, 0) is 76.0 Å². The molecular formula is C24H42N8O3. The first-order chi connectivity index (χ1) is 17.0. The third kappa shape index (κ3) is 11.9. The average molecular weight is 491 g/mol. The number of aromatic amines is 1. The van der Waals surface area contributed by atoms with Gasteiger partial charge in [-0.3, -0.25) is 9.79 Å². The molecule has 0 bridgehead atoms. The molecule has 0 aliphatic carbocycles. The molecule has 0 aliphatic heterocycles. The number of nitrogens with two attached hydrogens (primary N) is 2.